The zero-order chi connectivity index (χ0) is 9.19. The molecule has 1 heterocycles. The van der Waals surface area contributed by atoms with Gasteiger partial charge >= 0.3 is 13.6 Å². The van der Waals surface area contributed by atoms with Gasteiger partial charge in [-0.2, -0.15) is 0 Å². The van der Waals surface area contributed by atoms with Crippen LogP contribution in [0.5, 0.6) is 0 Å². The molecule has 0 aromatic carbocycles. The van der Waals surface area contributed by atoms with Crippen molar-refractivity contribution in [2.75, 3.05) is 13.3 Å². The number of rotatable bonds is 1. The van der Waals surface area contributed by atoms with Crippen LogP contribution in [0.3, 0.4) is 0 Å². The molecule has 1 rings (SSSR count). The summed E-state index contributed by atoms with van der Waals surface area (Å²) in [5.41, 5.74) is 0. The van der Waals surface area contributed by atoms with Crippen LogP contribution in [-0.2, 0) is 23.1 Å². The molecular formula is C6H11O5P. The summed E-state index contributed by atoms with van der Waals surface area (Å²) in [7, 11) is -2.98. The van der Waals surface area contributed by atoms with Gasteiger partial charge in [-0.1, -0.05) is 0 Å². The van der Waals surface area contributed by atoms with Crippen molar-refractivity contribution in [3.05, 3.63) is 0 Å². The van der Waals surface area contributed by atoms with Crippen molar-refractivity contribution in [1.29, 1.82) is 0 Å². The topological polar surface area (TPSA) is 61.8 Å². The summed E-state index contributed by atoms with van der Waals surface area (Å²) in [4.78, 5) is 10.5. The maximum Gasteiger partial charge on any atom is 0.330 e. The zero-order valence-electron chi connectivity index (χ0n) is 6.98. The molecule has 0 amide bonds. The van der Waals surface area contributed by atoms with Gasteiger partial charge in [0.15, 0.2) is 0 Å². The lowest BCUT2D eigenvalue weighted by Crippen LogP contribution is -2.24. The van der Waals surface area contributed by atoms with Gasteiger partial charge in [0.1, 0.15) is 0 Å². The second kappa shape index (κ2) is 3.56. The number of esters is 1. The second-order valence-electron chi connectivity index (χ2n) is 2.54. The normalized spacial score (nSPS) is 36.0. The van der Waals surface area contributed by atoms with Gasteiger partial charge in [-0.25, -0.2) is 0 Å². The smallest absolute Gasteiger partial charge is 0.330 e. The van der Waals surface area contributed by atoms with Crippen molar-refractivity contribution in [3.63, 3.8) is 0 Å². The lowest BCUT2D eigenvalue weighted by Gasteiger charge is -2.26. The van der Waals surface area contributed by atoms with Gasteiger partial charge in [-0.3, -0.25) is 13.9 Å². The van der Waals surface area contributed by atoms with Gasteiger partial charge in [-0.15, -0.1) is 0 Å². The molecule has 2 unspecified atom stereocenters. The largest absolute Gasteiger partial charge is 0.435 e. The van der Waals surface area contributed by atoms with E-state index in [1.165, 1.54) is 13.6 Å². The van der Waals surface area contributed by atoms with Crippen LogP contribution in [0.15, 0.2) is 0 Å². The predicted octanol–water partition coefficient (Wildman–Crippen LogP) is 1.14. The summed E-state index contributed by atoms with van der Waals surface area (Å²) in [6.07, 6.45) is -0.288. The minimum Gasteiger partial charge on any atom is -0.435 e. The SMILES string of the molecule is CC(=O)OC1CCOP(C)(=O)O1. The number of ether oxygens (including phenoxy) is 1. The Kier molecular flexibility index (Phi) is 2.88. The Morgan fingerprint density at radius 3 is 2.83 bits per heavy atom. The van der Waals surface area contributed by atoms with Gasteiger partial charge in [0.05, 0.1) is 6.61 Å². The van der Waals surface area contributed by atoms with E-state index in [1.54, 1.807) is 0 Å². The molecule has 0 spiro atoms. The third kappa shape index (κ3) is 2.93. The Bertz CT molecular complexity index is 226. The quantitative estimate of drug-likeness (QED) is 0.462. The van der Waals surface area contributed by atoms with Crippen LogP contribution in [0, 0.1) is 0 Å². The van der Waals surface area contributed by atoms with E-state index in [9.17, 15) is 9.36 Å². The first-order valence-electron chi connectivity index (χ1n) is 3.57. The molecule has 1 saturated heterocycles. The molecule has 1 fully saturated rings. The van der Waals surface area contributed by atoms with E-state index < -0.39 is 19.9 Å². The fraction of sp³-hybridized carbons (Fsp3) is 0.833. The highest BCUT2D eigenvalue weighted by Crippen LogP contribution is 2.48. The molecule has 1 aliphatic rings. The molecule has 6 heteroatoms. The van der Waals surface area contributed by atoms with E-state index in [4.69, 9.17) is 13.8 Å². The van der Waals surface area contributed by atoms with Crippen molar-refractivity contribution in [2.24, 2.45) is 0 Å². The van der Waals surface area contributed by atoms with E-state index in [0.717, 1.165) is 0 Å². The fourth-order valence-electron chi connectivity index (χ4n) is 0.877. The van der Waals surface area contributed by atoms with Crippen LogP contribution in [0.1, 0.15) is 13.3 Å². The first-order valence-corrected chi connectivity index (χ1v) is 5.56. The van der Waals surface area contributed by atoms with Crippen molar-refractivity contribution >= 4 is 13.6 Å². The summed E-state index contributed by atoms with van der Waals surface area (Å²) < 4.78 is 25.6. The molecule has 0 aliphatic carbocycles. The molecule has 1 aliphatic heterocycles. The first kappa shape index (κ1) is 9.71. The zero-order valence-corrected chi connectivity index (χ0v) is 7.87. The highest BCUT2D eigenvalue weighted by molar-refractivity contribution is 7.53. The number of hydrogen-bond acceptors (Lipinski definition) is 5. The lowest BCUT2D eigenvalue weighted by atomic mass is 10.4. The first-order chi connectivity index (χ1) is 5.49. The summed E-state index contributed by atoms with van der Waals surface area (Å²) in [6.45, 7) is 2.92. The lowest BCUT2D eigenvalue weighted by molar-refractivity contribution is -0.166. The Balaban J connectivity index is 2.47. The Morgan fingerprint density at radius 1 is 1.67 bits per heavy atom. The van der Waals surface area contributed by atoms with Crippen molar-refractivity contribution in [1.82, 2.24) is 0 Å². The Hall–Kier alpha value is -0.380. The molecule has 0 aromatic heterocycles. The molecule has 0 aromatic rings. The van der Waals surface area contributed by atoms with E-state index in [-0.39, 0.29) is 0 Å². The van der Waals surface area contributed by atoms with E-state index in [2.05, 4.69) is 0 Å². The van der Waals surface area contributed by atoms with Crippen LogP contribution in [0.4, 0.5) is 0 Å². The molecule has 0 N–H and O–H groups in total. The van der Waals surface area contributed by atoms with E-state index in [0.29, 0.717) is 13.0 Å². The van der Waals surface area contributed by atoms with E-state index in [1.807, 2.05) is 0 Å². The molecule has 2 atom stereocenters. The van der Waals surface area contributed by atoms with Gasteiger partial charge in [-0.05, 0) is 0 Å². The standard InChI is InChI=1S/C6H11O5P/c1-5(7)10-6-3-4-9-12(2,8)11-6/h6H,3-4H2,1-2H3. The molecule has 0 saturated carbocycles. The maximum atomic E-state index is 11.2. The van der Waals surface area contributed by atoms with Crippen LogP contribution in [-0.4, -0.2) is 25.5 Å². The summed E-state index contributed by atoms with van der Waals surface area (Å²) in [5, 5.41) is 0. The fourth-order valence-corrected chi connectivity index (χ4v) is 1.95. The Morgan fingerprint density at radius 2 is 2.33 bits per heavy atom. The average Bonchev–Trinajstić information content (AvgIpc) is 1.82. The minimum absolute atomic E-state index is 0.297. The summed E-state index contributed by atoms with van der Waals surface area (Å²) in [5.74, 6) is -0.443. The second-order valence-corrected chi connectivity index (χ2v) is 4.55. The minimum atomic E-state index is -2.98. The molecule has 0 bridgehead atoms. The van der Waals surface area contributed by atoms with Crippen LogP contribution in [0.25, 0.3) is 0 Å². The van der Waals surface area contributed by atoms with Gasteiger partial charge in [0, 0.05) is 20.0 Å². The van der Waals surface area contributed by atoms with E-state index >= 15 is 0 Å². The van der Waals surface area contributed by atoms with Gasteiger partial charge in [0.2, 0.25) is 6.29 Å². The Labute approximate surface area is 70.5 Å². The molecule has 5 nitrogen and oxygen atoms in total. The number of carbonyl (C=O) groups is 1. The number of carbonyl (C=O) groups excluding carboxylic acids is 1. The van der Waals surface area contributed by atoms with Crippen molar-refractivity contribution in [3.8, 4) is 0 Å². The molecule has 12 heavy (non-hydrogen) atoms. The summed E-state index contributed by atoms with van der Waals surface area (Å²) in [6, 6.07) is 0. The highest BCUT2D eigenvalue weighted by Gasteiger charge is 2.30. The monoisotopic (exact) mass is 194 g/mol. The van der Waals surface area contributed by atoms with Crippen LogP contribution >= 0.6 is 7.60 Å². The molecule has 0 radical (unpaired) electrons. The third-order valence-corrected chi connectivity index (χ3v) is 2.56. The highest BCUT2D eigenvalue weighted by atomic mass is 31.2. The van der Waals surface area contributed by atoms with Gasteiger partial charge in [0.25, 0.3) is 0 Å². The van der Waals surface area contributed by atoms with Crippen molar-refractivity contribution in [2.45, 2.75) is 19.6 Å². The average molecular weight is 194 g/mol. The molecular weight excluding hydrogens is 183 g/mol. The molecule has 70 valence electrons. The number of hydrogen-bond donors (Lipinski definition) is 0. The summed E-state index contributed by atoms with van der Waals surface area (Å²) >= 11 is 0. The van der Waals surface area contributed by atoms with Gasteiger partial charge < -0.3 is 9.26 Å². The van der Waals surface area contributed by atoms with Crippen LogP contribution < -0.4 is 0 Å². The third-order valence-electron chi connectivity index (χ3n) is 1.29. The van der Waals surface area contributed by atoms with Crippen molar-refractivity contribution < 1.29 is 23.1 Å². The predicted molar refractivity (Wildman–Crippen MR) is 40.7 cm³/mol. The maximum absolute atomic E-state index is 11.2. The van der Waals surface area contributed by atoms with Crippen LogP contribution in [0.2, 0.25) is 0 Å².